The number of hydrazone groups is 1. The minimum absolute atomic E-state index is 0.139. The molecule has 130 valence electrons. The highest BCUT2D eigenvalue weighted by Gasteiger charge is 2.35. The Hall–Kier alpha value is -2.86. The Labute approximate surface area is 158 Å². The minimum Gasteiger partial charge on any atom is -0.508 e. The molecule has 0 unspecified atom stereocenters. The lowest BCUT2D eigenvalue weighted by molar-refractivity contribution is 0.0677. The fraction of sp³-hybridized carbons (Fsp3) is 0.100. The summed E-state index contributed by atoms with van der Waals surface area (Å²) in [5.41, 5.74) is 2.36. The van der Waals surface area contributed by atoms with E-state index in [9.17, 15) is 9.90 Å². The molecule has 26 heavy (non-hydrogen) atoms. The summed E-state index contributed by atoms with van der Waals surface area (Å²) in [4.78, 5) is 12.9. The molecule has 5 nitrogen and oxygen atoms in total. The topological polar surface area (TPSA) is 66.0 Å². The van der Waals surface area contributed by atoms with Gasteiger partial charge in [0, 0.05) is 16.5 Å². The maximum atomic E-state index is 12.9. The zero-order valence-corrected chi connectivity index (χ0v) is 15.3. The molecule has 0 fully saturated rings. The van der Waals surface area contributed by atoms with E-state index in [1.165, 1.54) is 11.3 Å². The van der Waals surface area contributed by atoms with Crippen LogP contribution in [0.3, 0.4) is 0 Å². The van der Waals surface area contributed by atoms with Crippen molar-refractivity contribution >= 4 is 27.5 Å². The van der Waals surface area contributed by atoms with E-state index in [4.69, 9.17) is 4.42 Å². The second kappa shape index (κ2) is 6.80. The summed E-state index contributed by atoms with van der Waals surface area (Å²) in [5.74, 6) is 0.0124. The number of aromatic hydroxyl groups is 1. The summed E-state index contributed by atoms with van der Waals surface area (Å²) >= 11 is 3.47. The van der Waals surface area contributed by atoms with Crippen molar-refractivity contribution in [3.63, 3.8) is 0 Å². The van der Waals surface area contributed by atoms with E-state index in [0.29, 0.717) is 12.0 Å². The lowest BCUT2D eigenvalue weighted by atomic mass is 9.97. The predicted octanol–water partition coefficient (Wildman–Crippen LogP) is 4.74. The van der Waals surface area contributed by atoms with Crippen LogP contribution in [0.4, 0.5) is 0 Å². The Kier molecular flexibility index (Phi) is 4.34. The van der Waals surface area contributed by atoms with Gasteiger partial charge in [-0.2, -0.15) is 5.10 Å². The number of para-hydroxylation sites is 1. The molecule has 0 saturated carbocycles. The molecule has 2 aromatic carbocycles. The SMILES string of the molecule is O=C(c1ccco1)N1N=C(c2cccc(Br)c2)C[C@H]1c1ccccc1O. The number of furan rings is 1. The van der Waals surface area contributed by atoms with Gasteiger partial charge in [0.15, 0.2) is 5.76 Å². The van der Waals surface area contributed by atoms with Crippen molar-refractivity contribution in [3.8, 4) is 5.75 Å². The van der Waals surface area contributed by atoms with Crippen LogP contribution >= 0.6 is 15.9 Å². The van der Waals surface area contributed by atoms with Gasteiger partial charge in [0.1, 0.15) is 5.75 Å². The molecule has 1 aromatic heterocycles. The molecule has 1 aliphatic heterocycles. The van der Waals surface area contributed by atoms with Crippen LogP contribution in [0.5, 0.6) is 5.75 Å². The number of amides is 1. The van der Waals surface area contributed by atoms with Crippen molar-refractivity contribution in [1.29, 1.82) is 0 Å². The van der Waals surface area contributed by atoms with Gasteiger partial charge < -0.3 is 9.52 Å². The van der Waals surface area contributed by atoms with Crippen molar-refractivity contribution in [2.45, 2.75) is 12.5 Å². The largest absolute Gasteiger partial charge is 0.508 e. The van der Waals surface area contributed by atoms with Gasteiger partial charge in [0.25, 0.3) is 0 Å². The molecule has 3 aromatic rings. The summed E-state index contributed by atoms with van der Waals surface area (Å²) in [5, 5.41) is 16.2. The standard InChI is InChI=1S/C20H15BrN2O3/c21-14-6-3-5-13(11-14)16-12-17(15-7-1-2-8-18(15)24)23(22-16)20(25)19-9-4-10-26-19/h1-11,17,24H,12H2/t17-/m0/s1. The average Bonchev–Trinajstić information content (AvgIpc) is 3.32. The van der Waals surface area contributed by atoms with Gasteiger partial charge in [-0.1, -0.05) is 46.3 Å². The van der Waals surface area contributed by atoms with Gasteiger partial charge in [0.2, 0.25) is 0 Å². The predicted molar refractivity (Wildman–Crippen MR) is 101 cm³/mol. The third-order valence-electron chi connectivity index (χ3n) is 4.30. The zero-order valence-electron chi connectivity index (χ0n) is 13.7. The van der Waals surface area contributed by atoms with Crippen LogP contribution in [0.15, 0.2) is 80.9 Å². The molecular weight excluding hydrogens is 396 g/mol. The molecule has 4 rings (SSSR count). The number of carbonyl (C=O) groups excluding carboxylic acids is 1. The maximum absolute atomic E-state index is 12.9. The lowest BCUT2D eigenvalue weighted by Gasteiger charge is -2.21. The first-order chi connectivity index (χ1) is 12.6. The number of rotatable bonds is 3. The Morgan fingerprint density at radius 1 is 1.15 bits per heavy atom. The van der Waals surface area contributed by atoms with E-state index in [1.54, 1.807) is 24.3 Å². The van der Waals surface area contributed by atoms with Gasteiger partial charge in [0.05, 0.1) is 18.0 Å². The Morgan fingerprint density at radius 2 is 2.00 bits per heavy atom. The molecule has 1 atom stereocenters. The molecule has 0 bridgehead atoms. The molecule has 6 heteroatoms. The van der Waals surface area contributed by atoms with Crippen molar-refractivity contribution in [2.75, 3.05) is 0 Å². The molecular formula is C20H15BrN2O3. The van der Waals surface area contributed by atoms with Gasteiger partial charge in [-0.3, -0.25) is 4.79 Å². The van der Waals surface area contributed by atoms with Crippen LogP contribution in [0, 0.1) is 0 Å². The summed E-state index contributed by atoms with van der Waals surface area (Å²) < 4.78 is 6.19. The summed E-state index contributed by atoms with van der Waals surface area (Å²) in [6.45, 7) is 0. The highest BCUT2D eigenvalue weighted by molar-refractivity contribution is 9.10. The van der Waals surface area contributed by atoms with Crippen molar-refractivity contribution < 1.29 is 14.3 Å². The van der Waals surface area contributed by atoms with Crippen LogP contribution < -0.4 is 0 Å². The molecule has 2 heterocycles. The van der Waals surface area contributed by atoms with Gasteiger partial charge >= 0.3 is 5.91 Å². The van der Waals surface area contributed by atoms with Gasteiger partial charge in [-0.25, -0.2) is 5.01 Å². The molecule has 1 aliphatic rings. The van der Waals surface area contributed by atoms with E-state index < -0.39 is 6.04 Å². The zero-order chi connectivity index (χ0) is 18.1. The normalized spacial score (nSPS) is 16.6. The average molecular weight is 411 g/mol. The Morgan fingerprint density at radius 3 is 2.73 bits per heavy atom. The molecule has 1 N–H and O–H groups in total. The summed E-state index contributed by atoms with van der Waals surface area (Å²) in [7, 11) is 0. The van der Waals surface area contributed by atoms with Crippen molar-refractivity contribution in [2.24, 2.45) is 5.10 Å². The van der Waals surface area contributed by atoms with E-state index in [2.05, 4.69) is 21.0 Å². The second-order valence-electron chi connectivity index (χ2n) is 5.96. The lowest BCUT2D eigenvalue weighted by Crippen LogP contribution is -2.26. The first-order valence-electron chi connectivity index (χ1n) is 8.12. The van der Waals surface area contributed by atoms with Crippen LogP contribution in [-0.4, -0.2) is 21.7 Å². The minimum atomic E-state index is -0.400. The first kappa shape index (κ1) is 16.6. The number of hydrogen-bond donors (Lipinski definition) is 1. The molecule has 0 radical (unpaired) electrons. The summed E-state index contributed by atoms with van der Waals surface area (Å²) in [6.07, 6.45) is 1.96. The van der Waals surface area contributed by atoms with Crippen LogP contribution in [0.1, 0.15) is 34.1 Å². The third kappa shape index (κ3) is 3.04. The fourth-order valence-corrected chi connectivity index (χ4v) is 3.46. The van der Waals surface area contributed by atoms with Crippen molar-refractivity contribution in [3.05, 3.63) is 88.3 Å². The van der Waals surface area contributed by atoms with Gasteiger partial charge in [-0.05, 0) is 35.9 Å². The maximum Gasteiger partial charge on any atom is 0.310 e. The number of phenolic OH excluding ortho intramolecular Hbond substituents is 1. The number of halogens is 1. The number of benzene rings is 2. The van der Waals surface area contributed by atoms with Crippen LogP contribution in [0.2, 0.25) is 0 Å². The van der Waals surface area contributed by atoms with E-state index >= 15 is 0 Å². The monoisotopic (exact) mass is 410 g/mol. The second-order valence-corrected chi connectivity index (χ2v) is 6.88. The number of nitrogens with zero attached hydrogens (tertiary/aromatic N) is 2. The number of hydrogen-bond acceptors (Lipinski definition) is 4. The van der Waals surface area contributed by atoms with Gasteiger partial charge in [-0.15, -0.1) is 0 Å². The highest BCUT2D eigenvalue weighted by atomic mass is 79.9. The molecule has 1 amide bonds. The van der Waals surface area contributed by atoms with Crippen LogP contribution in [0.25, 0.3) is 0 Å². The smallest absolute Gasteiger partial charge is 0.310 e. The first-order valence-corrected chi connectivity index (χ1v) is 8.91. The number of carbonyl (C=O) groups is 1. The molecule has 0 saturated heterocycles. The molecule has 0 spiro atoms. The van der Waals surface area contributed by atoms with Crippen molar-refractivity contribution in [1.82, 2.24) is 5.01 Å². The highest BCUT2D eigenvalue weighted by Crippen LogP contribution is 2.38. The van der Waals surface area contributed by atoms with E-state index in [1.807, 2.05) is 36.4 Å². The fourth-order valence-electron chi connectivity index (χ4n) is 3.06. The quantitative estimate of drug-likeness (QED) is 0.677. The molecule has 0 aliphatic carbocycles. The van der Waals surface area contributed by atoms with E-state index in [0.717, 1.165) is 15.7 Å². The summed E-state index contributed by atoms with van der Waals surface area (Å²) in [6, 6.07) is 17.7. The Balaban J connectivity index is 1.76. The third-order valence-corrected chi connectivity index (χ3v) is 4.80. The number of phenols is 1. The van der Waals surface area contributed by atoms with E-state index in [-0.39, 0.29) is 17.4 Å². The Bertz CT molecular complexity index is 982. The van der Waals surface area contributed by atoms with Crippen LogP contribution in [-0.2, 0) is 0 Å².